The molecule has 1 saturated heterocycles. The number of nitrogens with zero attached hydrogens (tertiary/aromatic N) is 1. The molecule has 2 rings (SSSR count). The number of piperidine rings is 1. The zero-order valence-electron chi connectivity index (χ0n) is 14.1. The van der Waals surface area contributed by atoms with Gasteiger partial charge in [0.15, 0.2) is 0 Å². The van der Waals surface area contributed by atoms with E-state index in [2.05, 4.69) is 24.5 Å². The van der Waals surface area contributed by atoms with Gasteiger partial charge in [0.1, 0.15) is 0 Å². The molecule has 1 fully saturated rings. The van der Waals surface area contributed by atoms with E-state index in [1.54, 1.807) is 24.3 Å². The quantitative estimate of drug-likeness (QED) is 0.873. The molecule has 0 saturated carbocycles. The number of rotatable bonds is 5. The van der Waals surface area contributed by atoms with Crippen molar-refractivity contribution in [2.24, 2.45) is 5.92 Å². The number of carbonyl (C=O) groups excluding carboxylic acids is 2. The minimum atomic E-state index is -0.228. The Morgan fingerprint density at radius 1 is 1.17 bits per heavy atom. The Balaban J connectivity index is 1.91. The van der Waals surface area contributed by atoms with Crippen molar-refractivity contribution in [2.75, 3.05) is 25.0 Å². The van der Waals surface area contributed by atoms with Crippen LogP contribution in [0.2, 0.25) is 0 Å². The number of urea groups is 1. The molecule has 5 nitrogen and oxygen atoms in total. The first-order valence-corrected chi connectivity index (χ1v) is 8.50. The van der Waals surface area contributed by atoms with Crippen molar-refractivity contribution in [1.29, 1.82) is 0 Å². The first kappa shape index (κ1) is 17.3. The van der Waals surface area contributed by atoms with Crippen molar-refractivity contribution < 1.29 is 9.59 Å². The van der Waals surface area contributed by atoms with Crippen molar-refractivity contribution in [3.63, 3.8) is 0 Å². The van der Waals surface area contributed by atoms with E-state index in [1.807, 2.05) is 4.90 Å². The highest BCUT2D eigenvalue weighted by Gasteiger charge is 2.18. The molecule has 0 bridgehead atoms. The van der Waals surface area contributed by atoms with Crippen molar-refractivity contribution in [2.45, 2.75) is 39.5 Å². The van der Waals surface area contributed by atoms with E-state index < -0.39 is 0 Å². The summed E-state index contributed by atoms with van der Waals surface area (Å²) in [6.07, 6.45) is 4.28. The molecule has 0 radical (unpaired) electrons. The topological polar surface area (TPSA) is 61.4 Å². The lowest BCUT2D eigenvalue weighted by atomic mass is 10.1. The molecule has 1 heterocycles. The molecule has 126 valence electrons. The minimum absolute atomic E-state index is 0.0496. The number of amides is 3. The Labute approximate surface area is 138 Å². The lowest BCUT2D eigenvalue weighted by molar-refractivity contribution is 0.0724. The Bertz CT molecular complexity index is 537. The highest BCUT2D eigenvalue weighted by molar-refractivity contribution is 5.96. The smallest absolute Gasteiger partial charge is 0.319 e. The lowest BCUT2D eigenvalue weighted by Gasteiger charge is -2.26. The van der Waals surface area contributed by atoms with Crippen molar-refractivity contribution in [3.05, 3.63) is 29.8 Å². The molecule has 0 unspecified atom stereocenters. The summed E-state index contributed by atoms with van der Waals surface area (Å²) in [6, 6.07) is 6.93. The van der Waals surface area contributed by atoms with Crippen LogP contribution in [0.15, 0.2) is 24.3 Å². The molecule has 0 atom stereocenters. The zero-order valence-corrected chi connectivity index (χ0v) is 14.1. The maximum absolute atomic E-state index is 12.5. The number of nitrogens with one attached hydrogen (secondary N) is 2. The van der Waals surface area contributed by atoms with Gasteiger partial charge in [-0.25, -0.2) is 4.79 Å². The largest absolute Gasteiger partial charge is 0.339 e. The molecule has 1 aliphatic heterocycles. The van der Waals surface area contributed by atoms with E-state index in [9.17, 15) is 9.59 Å². The van der Waals surface area contributed by atoms with Crippen LogP contribution in [0.1, 0.15) is 49.9 Å². The van der Waals surface area contributed by atoms with Crippen LogP contribution in [0.3, 0.4) is 0 Å². The third-order valence-corrected chi connectivity index (χ3v) is 4.02. The predicted octanol–water partition coefficient (Wildman–Crippen LogP) is 3.48. The highest BCUT2D eigenvalue weighted by atomic mass is 16.2. The van der Waals surface area contributed by atoms with Gasteiger partial charge in [-0.2, -0.15) is 0 Å². The Morgan fingerprint density at radius 2 is 1.91 bits per heavy atom. The molecule has 1 aliphatic rings. The van der Waals surface area contributed by atoms with E-state index in [4.69, 9.17) is 0 Å². The minimum Gasteiger partial charge on any atom is -0.339 e. The van der Waals surface area contributed by atoms with Gasteiger partial charge in [0, 0.05) is 30.9 Å². The number of anilines is 1. The summed E-state index contributed by atoms with van der Waals surface area (Å²) in [4.78, 5) is 26.2. The normalized spacial score (nSPS) is 14.7. The van der Waals surface area contributed by atoms with Crippen LogP contribution in [0, 0.1) is 5.92 Å². The maximum Gasteiger partial charge on any atom is 0.319 e. The van der Waals surface area contributed by atoms with E-state index in [0.717, 1.165) is 32.4 Å². The van der Waals surface area contributed by atoms with Gasteiger partial charge in [0.25, 0.3) is 5.91 Å². The molecule has 1 aromatic rings. The number of benzene rings is 1. The predicted molar refractivity (Wildman–Crippen MR) is 92.7 cm³/mol. The fourth-order valence-electron chi connectivity index (χ4n) is 2.66. The summed E-state index contributed by atoms with van der Waals surface area (Å²) in [5, 5.41) is 5.62. The van der Waals surface area contributed by atoms with Crippen molar-refractivity contribution in [3.8, 4) is 0 Å². The molecule has 1 aromatic carbocycles. The second kappa shape index (κ2) is 8.56. The van der Waals surface area contributed by atoms with Gasteiger partial charge < -0.3 is 15.5 Å². The fraction of sp³-hybridized carbons (Fsp3) is 0.556. The Hall–Kier alpha value is -2.04. The molecule has 5 heteroatoms. The van der Waals surface area contributed by atoms with Crippen LogP contribution in [-0.2, 0) is 0 Å². The third kappa shape index (κ3) is 5.58. The molecule has 0 spiro atoms. The van der Waals surface area contributed by atoms with Gasteiger partial charge in [0.2, 0.25) is 0 Å². The van der Waals surface area contributed by atoms with Crippen LogP contribution in [0.4, 0.5) is 10.5 Å². The summed E-state index contributed by atoms with van der Waals surface area (Å²) < 4.78 is 0. The van der Waals surface area contributed by atoms with Gasteiger partial charge in [0.05, 0.1) is 0 Å². The summed E-state index contributed by atoms with van der Waals surface area (Å²) in [7, 11) is 0. The second-order valence-corrected chi connectivity index (χ2v) is 6.50. The van der Waals surface area contributed by atoms with Crippen molar-refractivity contribution in [1.82, 2.24) is 10.2 Å². The Kier molecular flexibility index (Phi) is 6.44. The lowest BCUT2D eigenvalue weighted by Crippen LogP contribution is -2.35. The monoisotopic (exact) mass is 317 g/mol. The number of hydrogen-bond acceptors (Lipinski definition) is 2. The average molecular weight is 317 g/mol. The van der Waals surface area contributed by atoms with Crippen LogP contribution in [-0.4, -0.2) is 36.5 Å². The number of likely N-dealkylation sites (tertiary alicyclic amines) is 1. The van der Waals surface area contributed by atoms with E-state index in [-0.39, 0.29) is 11.9 Å². The second-order valence-electron chi connectivity index (χ2n) is 6.50. The van der Waals surface area contributed by atoms with Crippen LogP contribution in [0.5, 0.6) is 0 Å². The average Bonchev–Trinajstić information content (AvgIpc) is 2.55. The first-order valence-electron chi connectivity index (χ1n) is 8.50. The summed E-state index contributed by atoms with van der Waals surface area (Å²) >= 11 is 0. The van der Waals surface area contributed by atoms with Gasteiger partial charge in [-0.3, -0.25) is 4.79 Å². The summed E-state index contributed by atoms with van der Waals surface area (Å²) in [5.41, 5.74) is 1.28. The number of hydrogen-bond donors (Lipinski definition) is 2. The van der Waals surface area contributed by atoms with Crippen LogP contribution < -0.4 is 10.6 Å². The Morgan fingerprint density at radius 3 is 2.61 bits per heavy atom. The van der Waals surface area contributed by atoms with Crippen LogP contribution >= 0.6 is 0 Å². The summed E-state index contributed by atoms with van der Waals surface area (Å²) in [6.45, 7) is 6.54. The molecule has 23 heavy (non-hydrogen) atoms. The van der Waals surface area contributed by atoms with E-state index >= 15 is 0 Å². The van der Waals surface area contributed by atoms with Gasteiger partial charge in [-0.15, -0.1) is 0 Å². The van der Waals surface area contributed by atoms with Crippen molar-refractivity contribution >= 4 is 17.6 Å². The maximum atomic E-state index is 12.5. The first-order chi connectivity index (χ1) is 11.1. The van der Waals surface area contributed by atoms with E-state index in [1.165, 1.54) is 6.42 Å². The molecular weight excluding hydrogens is 290 g/mol. The van der Waals surface area contributed by atoms with Gasteiger partial charge in [-0.05, 0) is 49.8 Å². The van der Waals surface area contributed by atoms with E-state index in [0.29, 0.717) is 23.7 Å². The zero-order chi connectivity index (χ0) is 16.7. The van der Waals surface area contributed by atoms with Gasteiger partial charge in [-0.1, -0.05) is 19.9 Å². The molecule has 3 amide bonds. The molecule has 0 aliphatic carbocycles. The summed E-state index contributed by atoms with van der Waals surface area (Å²) in [5.74, 6) is 0.606. The number of carbonyl (C=O) groups is 2. The van der Waals surface area contributed by atoms with Crippen LogP contribution in [0.25, 0.3) is 0 Å². The third-order valence-electron chi connectivity index (χ3n) is 4.02. The SMILES string of the molecule is CC(C)CCNC(=O)Nc1cccc(C(=O)N2CCCCC2)c1. The molecule has 0 aromatic heterocycles. The molecular formula is C18H27N3O2. The fourth-order valence-corrected chi connectivity index (χ4v) is 2.66. The highest BCUT2D eigenvalue weighted by Crippen LogP contribution is 2.16. The molecule has 2 N–H and O–H groups in total. The standard InChI is InChI=1S/C18H27N3O2/c1-14(2)9-10-19-18(23)20-16-8-6-7-15(13-16)17(22)21-11-4-3-5-12-21/h6-8,13-14H,3-5,9-12H2,1-2H3,(H2,19,20,23). The van der Waals surface area contributed by atoms with Gasteiger partial charge >= 0.3 is 6.03 Å².